The molecular weight excluding hydrogens is 952 g/mol. The van der Waals surface area contributed by atoms with Crippen molar-refractivity contribution in [1.82, 2.24) is 9.55 Å². The summed E-state index contributed by atoms with van der Waals surface area (Å²) in [5.74, 6) is 2.09. The average molecular weight is 1020 g/mol. The third kappa shape index (κ3) is 9.01. The molecule has 3 heterocycles. The number of pyridine rings is 1. The fourth-order valence-electron chi connectivity index (χ4n) is 8.47. The minimum absolute atomic E-state index is 0. The zero-order chi connectivity index (χ0) is 44.6. The van der Waals surface area contributed by atoms with Crippen molar-refractivity contribution in [3.63, 3.8) is 0 Å². The Labute approximate surface area is 391 Å². The Morgan fingerprint density at radius 3 is 1.84 bits per heavy atom. The molecule has 0 atom stereocenters. The quantitative estimate of drug-likeness (QED) is 0.149. The van der Waals surface area contributed by atoms with Crippen LogP contribution in [0.4, 0.5) is 11.4 Å². The molecule has 0 fully saturated rings. The van der Waals surface area contributed by atoms with Crippen LogP contribution < -0.4 is 14.5 Å². The van der Waals surface area contributed by atoms with Crippen LogP contribution in [-0.4, -0.2) is 9.55 Å². The predicted octanol–water partition coefficient (Wildman–Crippen LogP) is 15.1. The van der Waals surface area contributed by atoms with Gasteiger partial charge in [0.1, 0.15) is 5.82 Å². The molecule has 0 saturated heterocycles. The minimum atomic E-state index is -0.383. The zero-order valence-corrected chi connectivity index (χ0v) is 41.9. The van der Waals surface area contributed by atoms with Gasteiger partial charge in [-0.1, -0.05) is 162 Å². The number of hydrogen-bond donors (Lipinski definition) is 0. The molecule has 0 amide bonds. The second-order valence-electron chi connectivity index (χ2n) is 21.7. The number of benzene rings is 5. The normalized spacial score (nSPS) is 14.0. The maximum Gasteiger partial charge on any atom is 0.135 e. The van der Waals surface area contributed by atoms with Crippen molar-refractivity contribution >= 4 is 33.2 Å². The molecule has 2 aromatic heterocycles. The molecule has 0 bridgehead atoms. The first-order valence-corrected chi connectivity index (χ1v) is 22.0. The Hall–Kier alpha value is -5.12. The maximum absolute atomic E-state index is 6.94. The molecule has 0 spiro atoms. The van der Waals surface area contributed by atoms with Gasteiger partial charge < -0.3 is 19.1 Å². The number of hydrogen-bond acceptors (Lipinski definition) is 4. The number of aromatic nitrogens is 2. The molecule has 7 aromatic rings. The summed E-state index contributed by atoms with van der Waals surface area (Å²) < 4.78 is 9.20. The predicted molar refractivity (Wildman–Crippen MR) is 261 cm³/mol. The summed E-state index contributed by atoms with van der Waals surface area (Å²) in [5.41, 5.74) is 10.8. The van der Waals surface area contributed by atoms with Crippen LogP contribution in [0.3, 0.4) is 0 Å². The summed E-state index contributed by atoms with van der Waals surface area (Å²) in [7, 11) is 0. The SMILES string of the molecule is CC(C)(C)C1=CN(c2cc(C(C)(C)C)cc(C(C)(C)C)c2)[CH-]N1c1[c-]c(Oc2[c-]c3c(c(C(C)(C)c4ccccc4)c2)c2ccccc2n3-c2cc(C(C)(C)C)ccn2)ccc1.[Pt]. The van der Waals surface area contributed by atoms with Crippen molar-refractivity contribution in [1.29, 1.82) is 0 Å². The van der Waals surface area contributed by atoms with Crippen LogP contribution in [0.15, 0.2) is 127 Å². The zero-order valence-electron chi connectivity index (χ0n) is 39.6. The molecule has 0 N–H and O–H groups in total. The molecule has 5 aromatic carbocycles. The minimum Gasteiger partial charge on any atom is -0.509 e. The number of fused-ring (bicyclic) bond motifs is 3. The molecule has 5 nitrogen and oxygen atoms in total. The van der Waals surface area contributed by atoms with Gasteiger partial charge in [-0.05, 0) is 85.8 Å². The van der Waals surface area contributed by atoms with Crippen molar-refractivity contribution in [3.8, 4) is 17.3 Å². The van der Waals surface area contributed by atoms with E-state index in [9.17, 15) is 0 Å². The monoisotopic (exact) mass is 1010 g/mol. The molecule has 1 aliphatic heterocycles. The van der Waals surface area contributed by atoms with Crippen molar-refractivity contribution in [2.75, 3.05) is 9.80 Å². The van der Waals surface area contributed by atoms with Crippen LogP contribution in [0.1, 0.15) is 125 Å². The van der Waals surface area contributed by atoms with Crippen LogP contribution in [-0.2, 0) is 42.7 Å². The molecule has 0 radical (unpaired) electrons. The maximum atomic E-state index is 6.94. The van der Waals surface area contributed by atoms with E-state index in [4.69, 9.17) is 9.72 Å². The van der Waals surface area contributed by atoms with E-state index < -0.39 is 0 Å². The van der Waals surface area contributed by atoms with Gasteiger partial charge in [-0.15, -0.1) is 48.3 Å². The van der Waals surface area contributed by atoms with Crippen molar-refractivity contribution in [2.45, 2.75) is 119 Å². The van der Waals surface area contributed by atoms with Crippen molar-refractivity contribution in [3.05, 3.63) is 174 Å². The molecule has 0 unspecified atom stereocenters. The Morgan fingerprint density at radius 1 is 0.571 bits per heavy atom. The molecule has 0 aliphatic carbocycles. The van der Waals surface area contributed by atoms with Gasteiger partial charge in [0.05, 0.1) is 0 Å². The van der Waals surface area contributed by atoms with E-state index in [1.165, 1.54) is 28.0 Å². The fourth-order valence-corrected chi connectivity index (χ4v) is 8.47. The van der Waals surface area contributed by atoms with Gasteiger partial charge in [-0.25, -0.2) is 4.98 Å². The smallest absolute Gasteiger partial charge is 0.135 e. The first kappa shape index (κ1) is 45.9. The third-order valence-electron chi connectivity index (χ3n) is 12.4. The van der Waals surface area contributed by atoms with Gasteiger partial charge >= 0.3 is 0 Å². The van der Waals surface area contributed by atoms with Crippen LogP contribution in [0.25, 0.3) is 27.6 Å². The van der Waals surface area contributed by atoms with E-state index in [0.29, 0.717) is 11.5 Å². The Morgan fingerprint density at radius 2 is 1.21 bits per heavy atom. The topological polar surface area (TPSA) is 33.5 Å². The van der Waals surface area contributed by atoms with Crippen LogP contribution in [0.5, 0.6) is 11.5 Å². The van der Waals surface area contributed by atoms with Gasteiger partial charge in [-0.2, -0.15) is 6.07 Å². The van der Waals surface area contributed by atoms with Crippen LogP contribution >= 0.6 is 0 Å². The molecule has 63 heavy (non-hydrogen) atoms. The number of nitrogens with zero attached hydrogens (tertiary/aromatic N) is 4. The fraction of sp³-hybridized carbons (Fsp3) is 0.333. The van der Waals surface area contributed by atoms with Crippen molar-refractivity contribution in [2.24, 2.45) is 5.41 Å². The molecule has 330 valence electrons. The average Bonchev–Trinajstić information content (AvgIpc) is 3.81. The second-order valence-corrected chi connectivity index (χ2v) is 21.7. The van der Waals surface area contributed by atoms with Gasteiger partial charge in [0.25, 0.3) is 0 Å². The molecule has 8 rings (SSSR count). The second kappa shape index (κ2) is 16.5. The van der Waals surface area contributed by atoms with Gasteiger partial charge in [0, 0.05) is 61.1 Å². The van der Waals surface area contributed by atoms with E-state index in [1.807, 2.05) is 12.3 Å². The van der Waals surface area contributed by atoms with Gasteiger partial charge in [0.2, 0.25) is 0 Å². The summed E-state index contributed by atoms with van der Waals surface area (Å²) in [6.07, 6.45) is 4.20. The third-order valence-corrected chi connectivity index (χ3v) is 12.4. The first-order chi connectivity index (χ1) is 29.0. The summed E-state index contributed by atoms with van der Waals surface area (Å²) in [5, 5.41) is 2.29. The number of ether oxygens (including phenoxy) is 1. The van der Waals surface area contributed by atoms with Crippen molar-refractivity contribution < 1.29 is 25.8 Å². The van der Waals surface area contributed by atoms with E-state index >= 15 is 0 Å². The summed E-state index contributed by atoms with van der Waals surface area (Å²) in [6, 6.07) is 46.6. The van der Waals surface area contributed by atoms with E-state index in [-0.39, 0.29) is 48.1 Å². The first-order valence-electron chi connectivity index (χ1n) is 22.0. The van der Waals surface area contributed by atoms with E-state index in [2.05, 4.69) is 239 Å². The molecule has 0 saturated carbocycles. The van der Waals surface area contributed by atoms with Gasteiger partial charge in [-0.3, -0.25) is 0 Å². The largest absolute Gasteiger partial charge is 0.509 e. The molecular formula is C57H63N4OPt-3. The molecule has 6 heteroatoms. The van der Waals surface area contributed by atoms with E-state index in [1.54, 1.807) is 0 Å². The van der Waals surface area contributed by atoms with Gasteiger partial charge in [0.15, 0.2) is 0 Å². The van der Waals surface area contributed by atoms with Crippen LogP contribution in [0.2, 0.25) is 0 Å². The number of para-hydroxylation sites is 1. The Kier molecular flexibility index (Phi) is 12.0. The number of anilines is 2. The number of allylic oxidation sites excluding steroid dienone is 1. The standard InChI is InChI=1S/C57H63N4O.Pt/c1-53(2,3)39-27-28-58-51(32-39)61-48-26-19-18-25-46(48)52-47(57(13,14)38-21-16-15-17-22-38)34-45(35-49(52)61)62-44-24-20-23-42(33-44)60-37-59(36-50(60)56(10,11)12)43-30-40(54(4,5)6)29-41(31-43)55(7,8)9;/h15-32,34,36-37H,1-14H3;/q-3;. The Bertz CT molecular complexity index is 2790. The summed E-state index contributed by atoms with van der Waals surface area (Å²) >= 11 is 0. The number of rotatable bonds is 7. The summed E-state index contributed by atoms with van der Waals surface area (Å²) in [6.45, 7) is 34.1. The molecule has 1 aliphatic rings. The van der Waals surface area contributed by atoms with E-state index in [0.717, 1.165) is 44.6 Å². The summed E-state index contributed by atoms with van der Waals surface area (Å²) in [4.78, 5) is 9.51. The van der Waals surface area contributed by atoms with Crippen LogP contribution in [0, 0.1) is 24.2 Å². The Balaban J connectivity index is 0.00000595.